The fourth-order valence-electron chi connectivity index (χ4n) is 3.09. The van der Waals surface area contributed by atoms with E-state index in [1.165, 1.54) is 17.5 Å². The van der Waals surface area contributed by atoms with Crippen molar-refractivity contribution < 1.29 is 0 Å². The Kier molecular flexibility index (Phi) is 4.14. The number of nitrogens with two attached hydrogens (primary N) is 1. The second kappa shape index (κ2) is 6.21. The normalized spacial score (nSPS) is 23.1. The van der Waals surface area contributed by atoms with E-state index in [1.807, 2.05) is 0 Å². The summed E-state index contributed by atoms with van der Waals surface area (Å²) in [5.74, 6) is 0.570. The molecule has 0 saturated carbocycles. The first kappa shape index (κ1) is 13.3. The van der Waals surface area contributed by atoms with Crippen LogP contribution in [0.3, 0.4) is 0 Å². The number of hydrogen-bond acceptors (Lipinski definition) is 2. The van der Waals surface area contributed by atoms with Crippen LogP contribution in [0.4, 0.5) is 0 Å². The SMILES string of the molecule is NC1C(Cc2ccccc2)CCN1Cc1ccccc1. The zero-order chi connectivity index (χ0) is 13.8. The zero-order valence-electron chi connectivity index (χ0n) is 11.8. The van der Waals surface area contributed by atoms with Gasteiger partial charge >= 0.3 is 0 Å². The highest BCUT2D eigenvalue weighted by Gasteiger charge is 2.30. The largest absolute Gasteiger partial charge is 0.315 e. The van der Waals surface area contributed by atoms with E-state index in [4.69, 9.17) is 5.73 Å². The first-order valence-corrected chi connectivity index (χ1v) is 7.40. The minimum absolute atomic E-state index is 0.176. The van der Waals surface area contributed by atoms with Gasteiger partial charge in [0, 0.05) is 13.1 Å². The fraction of sp³-hybridized carbons (Fsp3) is 0.333. The smallest absolute Gasteiger partial charge is 0.0607 e. The van der Waals surface area contributed by atoms with Gasteiger partial charge in [0.1, 0.15) is 0 Å². The molecule has 2 unspecified atom stereocenters. The van der Waals surface area contributed by atoms with Gasteiger partial charge in [0.25, 0.3) is 0 Å². The lowest BCUT2D eigenvalue weighted by atomic mass is 9.96. The van der Waals surface area contributed by atoms with Crippen molar-refractivity contribution in [3.8, 4) is 0 Å². The lowest BCUT2D eigenvalue weighted by Gasteiger charge is -2.24. The minimum Gasteiger partial charge on any atom is -0.315 e. The molecule has 1 aliphatic heterocycles. The lowest BCUT2D eigenvalue weighted by Crippen LogP contribution is -2.40. The van der Waals surface area contributed by atoms with Crippen LogP contribution in [0.15, 0.2) is 60.7 Å². The minimum atomic E-state index is 0.176. The Morgan fingerprint density at radius 3 is 2.15 bits per heavy atom. The summed E-state index contributed by atoms with van der Waals surface area (Å²) in [6, 6.07) is 21.3. The molecule has 2 heteroatoms. The van der Waals surface area contributed by atoms with Crippen molar-refractivity contribution in [3.05, 3.63) is 71.8 Å². The Balaban J connectivity index is 1.61. The van der Waals surface area contributed by atoms with Crippen molar-refractivity contribution in [2.75, 3.05) is 6.54 Å². The number of benzene rings is 2. The van der Waals surface area contributed by atoms with Gasteiger partial charge in [-0.05, 0) is 29.9 Å². The van der Waals surface area contributed by atoms with E-state index in [9.17, 15) is 0 Å². The molecule has 0 radical (unpaired) electrons. The van der Waals surface area contributed by atoms with Gasteiger partial charge in [0.05, 0.1) is 6.17 Å². The summed E-state index contributed by atoms with van der Waals surface area (Å²) >= 11 is 0. The number of rotatable bonds is 4. The quantitative estimate of drug-likeness (QED) is 0.921. The topological polar surface area (TPSA) is 29.3 Å². The van der Waals surface area contributed by atoms with Gasteiger partial charge in [-0.1, -0.05) is 60.7 Å². The van der Waals surface area contributed by atoms with Gasteiger partial charge in [0.15, 0.2) is 0 Å². The highest BCUT2D eigenvalue weighted by atomic mass is 15.2. The van der Waals surface area contributed by atoms with E-state index in [2.05, 4.69) is 65.6 Å². The maximum Gasteiger partial charge on any atom is 0.0607 e. The molecule has 2 atom stereocenters. The van der Waals surface area contributed by atoms with E-state index < -0.39 is 0 Å². The van der Waals surface area contributed by atoms with Crippen molar-refractivity contribution in [1.29, 1.82) is 0 Å². The first-order valence-electron chi connectivity index (χ1n) is 7.40. The van der Waals surface area contributed by atoms with E-state index in [-0.39, 0.29) is 6.17 Å². The third-order valence-corrected chi connectivity index (χ3v) is 4.26. The van der Waals surface area contributed by atoms with Crippen molar-refractivity contribution in [3.63, 3.8) is 0 Å². The molecule has 2 N–H and O–H groups in total. The van der Waals surface area contributed by atoms with Crippen molar-refractivity contribution >= 4 is 0 Å². The molecule has 104 valence electrons. The summed E-state index contributed by atoms with van der Waals surface area (Å²) in [6.07, 6.45) is 2.46. The molecular formula is C18H22N2. The Morgan fingerprint density at radius 2 is 1.50 bits per heavy atom. The molecule has 1 fully saturated rings. The Morgan fingerprint density at radius 1 is 0.900 bits per heavy atom. The second-order valence-electron chi connectivity index (χ2n) is 5.69. The highest BCUT2D eigenvalue weighted by Crippen LogP contribution is 2.26. The third-order valence-electron chi connectivity index (χ3n) is 4.26. The number of hydrogen-bond donors (Lipinski definition) is 1. The lowest BCUT2D eigenvalue weighted by molar-refractivity contribution is 0.222. The highest BCUT2D eigenvalue weighted by molar-refractivity contribution is 5.17. The molecule has 0 aromatic heterocycles. The zero-order valence-corrected chi connectivity index (χ0v) is 11.8. The summed E-state index contributed by atoms with van der Waals surface area (Å²) in [5.41, 5.74) is 9.19. The maximum absolute atomic E-state index is 6.44. The van der Waals surface area contributed by atoms with Gasteiger partial charge in [-0.2, -0.15) is 0 Å². The summed E-state index contributed by atoms with van der Waals surface area (Å²) in [5, 5.41) is 0. The van der Waals surface area contributed by atoms with Crippen LogP contribution in [0.25, 0.3) is 0 Å². The summed E-state index contributed by atoms with van der Waals surface area (Å²) < 4.78 is 0. The molecule has 3 rings (SSSR count). The maximum atomic E-state index is 6.44. The number of nitrogens with zero attached hydrogens (tertiary/aromatic N) is 1. The van der Waals surface area contributed by atoms with Crippen molar-refractivity contribution in [1.82, 2.24) is 4.90 Å². The molecule has 2 nitrogen and oxygen atoms in total. The van der Waals surface area contributed by atoms with Crippen molar-refractivity contribution in [2.24, 2.45) is 11.7 Å². The van der Waals surface area contributed by atoms with Crippen LogP contribution in [0.1, 0.15) is 17.5 Å². The molecule has 20 heavy (non-hydrogen) atoms. The molecule has 0 spiro atoms. The van der Waals surface area contributed by atoms with E-state index in [1.54, 1.807) is 0 Å². The molecule has 0 bridgehead atoms. The van der Waals surface area contributed by atoms with Gasteiger partial charge in [-0.15, -0.1) is 0 Å². The molecule has 2 aromatic rings. The monoisotopic (exact) mass is 266 g/mol. The molecule has 1 saturated heterocycles. The van der Waals surface area contributed by atoms with E-state index >= 15 is 0 Å². The predicted octanol–water partition coefficient (Wildman–Crippen LogP) is 3.04. The second-order valence-corrected chi connectivity index (χ2v) is 5.69. The first-order chi connectivity index (χ1) is 9.83. The van der Waals surface area contributed by atoms with Crippen LogP contribution < -0.4 is 5.73 Å². The number of likely N-dealkylation sites (tertiary alicyclic amines) is 1. The third kappa shape index (κ3) is 3.09. The molecule has 1 heterocycles. The van der Waals surface area contributed by atoms with E-state index in [0.717, 1.165) is 19.5 Å². The van der Waals surface area contributed by atoms with Gasteiger partial charge < -0.3 is 5.73 Å². The Labute approximate surface area is 121 Å². The predicted molar refractivity (Wildman–Crippen MR) is 83.1 cm³/mol. The van der Waals surface area contributed by atoms with Gasteiger partial charge in [-0.3, -0.25) is 4.90 Å². The molecular weight excluding hydrogens is 244 g/mol. The Bertz CT molecular complexity index is 474. The van der Waals surface area contributed by atoms with Crippen molar-refractivity contribution in [2.45, 2.75) is 25.6 Å². The van der Waals surface area contributed by atoms with Crippen LogP contribution in [-0.2, 0) is 13.0 Å². The summed E-state index contributed by atoms with van der Waals surface area (Å²) in [6.45, 7) is 2.07. The van der Waals surface area contributed by atoms with Crippen LogP contribution in [-0.4, -0.2) is 17.6 Å². The summed E-state index contributed by atoms with van der Waals surface area (Å²) in [7, 11) is 0. The molecule has 1 aliphatic rings. The standard InChI is InChI=1S/C18H22N2/c19-18-17(13-15-7-3-1-4-8-15)11-12-20(18)14-16-9-5-2-6-10-16/h1-10,17-18H,11-14,19H2. The van der Waals surface area contributed by atoms with Crippen LogP contribution >= 0.6 is 0 Å². The Hall–Kier alpha value is -1.64. The van der Waals surface area contributed by atoms with Gasteiger partial charge in [0.2, 0.25) is 0 Å². The average molecular weight is 266 g/mol. The molecule has 0 aliphatic carbocycles. The fourth-order valence-corrected chi connectivity index (χ4v) is 3.09. The van der Waals surface area contributed by atoms with Crippen LogP contribution in [0.5, 0.6) is 0 Å². The average Bonchev–Trinajstić information content (AvgIpc) is 2.83. The molecule has 2 aromatic carbocycles. The van der Waals surface area contributed by atoms with E-state index in [0.29, 0.717) is 5.92 Å². The van der Waals surface area contributed by atoms with Crippen LogP contribution in [0.2, 0.25) is 0 Å². The van der Waals surface area contributed by atoms with Gasteiger partial charge in [-0.25, -0.2) is 0 Å². The summed E-state index contributed by atoms with van der Waals surface area (Å²) in [4.78, 5) is 2.41. The molecule has 0 amide bonds. The van der Waals surface area contributed by atoms with Crippen LogP contribution in [0, 0.1) is 5.92 Å².